The molecule has 0 saturated heterocycles. The van der Waals surface area contributed by atoms with E-state index in [1.807, 2.05) is 40.3 Å². The third-order valence-corrected chi connectivity index (χ3v) is 4.50. The zero-order valence-corrected chi connectivity index (χ0v) is 12.4. The first kappa shape index (κ1) is 13.3. The van der Waals surface area contributed by atoms with E-state index in [1.165, 1.54) is 17.0 Å². The summed E-state index contributed by atoms with van der Waals surface area (Å²) in [5, 5.41) is 6.24. The maximum absolute atomic E-state index is 12.5. The molecule has 0 aromatic carbocycles. The highest BCUT2D eigenvalue weighted by Gasteiger charge is 2.31. The summed E-state index contributed by atoms with van der Waals surface area (Å²) >= 11 is 1.48. The van der Waals surface area contributed by atoms with Gasteiger partial charge in [-0.2, -0.15) is 5.10 Å². The van der Waals surface area contributed by atoms with E-state index >= 15 is 0 Å². The number of hydrogen-bond acceptors (Lipinski definition) is 4. The lowest BCUT2D eigenvalue weighted by molar-refractivity contribution is 0.0681. The number of rotatable bonds is 3. The summed E-state index contributed by atoms with van der Waals surface area (Å²) in [5.41, 5.74) is 2.30. The number of amides is 1. The van der Waals surface area contributed by atoms with Gasteiger partial charge in [0.15, 0.2) is 0 Å². The van der Waals surface area contributed by atoms with Crippen LogP contribution >= 0.6 is 11.3 Å². The van der Waals surface area contributed by atoms with Crippen molar-refractivity contribution < 1.29 is 9.53 Å². The first-order valence-electron chi connectivity index (χ1n) is 6.53. The van der Waals surface area contributed by atoms with Crippen molar-refractivity contribution in [3.8, 4) is 0 Å². The molecule has 3 heterocycles. The third kappa shape index (κ3) is 2.25. The van der Waals surface area contributed by atoms with E-state index in [9.17, 15) is 4.79 Å². The van der Waals surface area contributed by atoms with Gasteiger partial charge in [0, 0.05) is 38.7 Å². The topological polar surface area (TPSA) is 47.4 Å². The molecule has 0 radical (unpaired) electrons. The number of aryl methyl sites for hydroxylation is 1. The van der Waals surface area contributed by atoms with Crippen molar-refractivity contribution in [3.05, 3.63) is 39.8 Å². The van der Waals surface area contributed by atoms with Gasteiger partial charge in [0.2, 0.25) is 0 Å². The van der Waals surface area contributed by atoms with Crippen molar-refractivity contribution in [2.45, 2.75) is 12.5 Å². The second-order valence-corrected chi connectivity index (χ2v) is 5.94. The van der Waals surface area contributed by atoms with Crippen LogP contribution in [0.4, 0.5) is 0 Å². The fraction of sp³-hybridized carbons (Fsp3) is 0.429. The number of methoxy groups -OCH3 is 1. The first-order chi connectivity index (χ1) is 9.70. The molecular weight excluding hydrogens is 274 g/mol. The standard InChI is InChI=1S/C14H17N3O2S/c1-16-13-10(6-15-16)7-17(8-11(13)9-19-2)14(18)12-4-3-5-20-12/h3-6,11H,7-9H2,1-2H3/t11-/m0/s1. The molecule has 1 aliphatic heterocycles. The quantitative estimate of drug-likeness (QED) is 0.867. The highest BCUT2D eigenvalue weighted by Crippen LogP contribution is 2.29. The second-order valence-electron chi connectivity index (χ2n) is 4.99. The smallest absolute Gasteiger partial charge is 0.264 e. The summed E-state index contributed by atoms with van der Waals surface area (Å²) in [4.78, 5) is 15.2. The Kier molecular flexibility index (Phi) is 3.58. The van der Waals surface area contributed by atoms with Crippen molar-refractivity contribution in [2.75, 3.05) is 20.3 Å². The van der Waals surface area contributed by atoms with Gasteiger partial charge in [-0.25, -0.2) is 0 Å². The molecule has 6 heteroatoms. The van der Waals surface area contributed by atoms with Gasteiger partial charge in [0.25, 0.3) is 5.91 Å². The predicted molar refractivity (Wildman–Crippen MR) is 76.9 cm³/mol. The largest absolute Gasteiger partial charge is 0.384 e. The van der Waals surface area contributed by atoms with E-state index in [2.05, 4.69) is 5.10 Å². The van der Waals surface area contributed by atoms with Crippen LogP contribution in [0.25, 0.3) is 0 Å². The van der Waals surface area contributed by atoms with E-state index in [0.29, 0.717) is 19.7 Å². The lowest BCUT2D eigenvalue weighted by atomic mass is 9.97. The molecule has 1 aliphatic rings. The SMILES string of the molecule is COC[C@@H]1CN(C(=O)c2cccs2)Cc2cnn(C)c21. The summed E-state index contributed by atoms with van der Waals surface area (Å²) in [7, 11) is 3.63. The average Bonchev–Trinajstić information content (AvgIpc) is 3.08. The molecule has 0 saturated carbocycles. The predicted octanol–water partition coefficient (Wildman–Crippen LogP) is 1.87. The van der Waals surface area contributed by atoms with Gasteiger partial charge in [0.05, 0.1) is 23.4 Å². The summed E-state index contributed by atoms with van der Waals surface area (Å²) in [5.74, 6) is 0.274. The molecule has 2 aromatic rings. The molecule has 0 fully saturated rings. The molecule has 0 N–H and O–H groups in total. The van der Waals surface area contributed by atoms with Gasteiger partial charge in [-0.3, -0.25) is 9.48 Å². The van der Waals surface area contributed by atoms with Crippen LogP contribution in [-0.4, -0.2) is 40.8 Å². The molecule has 1 atom stereocenters. The zero-order valence-electron chi connectivity index (χ0n) is 11.6. The molecule has 3 rings (SSSR count). The molecule has 106 valence electrons. The number of carbonyl (C=O) groups excluding carboxylic acids is 1. The zero-order chi connectivity index (χ0) is 14.1. The first-order valence-corrected chi connectivity index (χ1v) is 7.41. The van der Waals surface area contributed by atoms with Gasteiger partial charge in [-0.15, -0.1) is 11.3 Å². The Morgan fingerprint density at radius 2 is 2.45 bits per heavy atom. The molecule has 0 unspecified atom stereocenters. The molecule has 5 nitrogen and oxygen atoms in total. The second kappa shape index (κ2) is 5.38. The van der Waals surface area contributed by atoms with Crippen LogP contribution < -0.4 is 0 Å². The summed E-state index contributed by atoms with van der Waals surface area (Å²) in [6, 6.07) is 3.78. The van der Waals surface area contributed by atoms with Crippen molar-refractivity contribution in [3.63, 3.8) is 0 Å². The van der Waals surface area contributed by atoms with E-state index in [0.717, 1.165) is 10.4 Å². The van der Waals surface area contributed by atoms with Crippen LogP contribution in [0.15, 0.2) is 23.7 Å². The van der Waals surface area contributed by atoms with Crippen molar-refractivity contribution >= 4 is 17.2 Å². The summed E-state index contributed by atoms with van der Waals surface area (Å²) < 4.78 is 7.20. The number of ether oxygens (including phenoxy) is 1. The van der Waals surface area contributed by atoms with Gasteiger partial charge in [-0.05, 0) is 11.4 Å². The molecule has 2 aromatic heterocycles. The molecule has 0 aliphatic carbocycles. The van der Waals surface area contributed by atoms with E-state index in [-0.39, 0.29) is 11.8 Å². The summed E-state index contributed by atoms with van der Waals surface area (Å²) in [6.45, 7) is 1.90. The van der Waals surface area contributed by atoms with Crippen LogP contribution in [0.3, 0.4) is 0 Å². The lowest BCUT2D eigenvalue weighted by Crippen LogP contribution is -2.39. The molecule has 0 bridgehead atoms. The minimum absolute atomic E-state index is 0.0932. The number of thiophene rings is 1. The number of nitrogens with zero attached hydrogens (tertiary/aromatic N) is 3. The Morgan fingerprint density at radius 1 is 1.60 bits per heavy atom. The highest BCUT2D eigenvalue weighted by molar-refractivity contribution is 7.12. The Balaban J connectivity index is 1.88. The molecule has 0 spiro atoms. The van der Waals surface area contributed by atoms with Crippen LogP contribution in [0.1, 0.15) is 26.8 Å². The Hall–Kier alpha value is -1.66. The van der Waals surface area contributed by atoms with Gasteiger partial charge < -0.3 is 9.64 Å². The van der Waals surface area contributed by atoms with Crippen molar-refractivity contribution in [1.29, 1.82) is 0 Å². The summed E-state index contributed by atoms with van der Waals surface area (Å²) in [6.07, 6.45) is 1.85. The minimum Gasteiger partial charge on any atom is -0.384 e. The van der Waals surface area contributed by atoms with Crippen LogP contribution in [-0.2, 0) is 18.3 Å². The van der Waals surface area contributed by atoms with Gasteiger partial charge >= 0.3 is 0 Å². The Bertz CT molecular complexity index is 606. The van der Waals surface area contributed by atoms with Gasteiger partial charge in [0.1, 0.15) is 0 Å². The maximum atomic E-state index is 12.5. The van der Waals surface area contributed by atoms with Crippen molar-refractivity contribution in [2.24, 2.45) is 7.05 Å². The van der Waals surface area contributed by atoms with E-state index < -0.39 is 0 Å². The maximum Gasteiger partial charge on any atom is 0.264 e. The minimum atomic E-state index is 0.0932. The Morgan fingerprint density at radius 3 is 3.15 bits per heavy atom. The third-order valence-electron chi connectivity index (χ3n) is 3.64. The monoisotopic (exact) mass is 291 g/mol. The molecular formula is C14H17N3O2S. The number of fused-ring (bicyclic) bond motifs is 1. The van der Waals surface area contributed by atoms with Crippen LogP contribution in [0.2, 0.25) is 0 Å². The van der Waals surface area contributed by atoms with E-state index in [4.69, 9.17) is 4.74 Å². The normalized spacial score (nSPS) is 18.1. The van der Waals surface area contributed by atoms with E-state index in [1.54, 1.807) is 7.11 Å². The number of aromatic nitrogens is 2. The Labute approximate surface area is 121 Å². The van der Waals surface area contributed by atoms with Crippen molar-refractivity contribution in [1.82, 2.24) is 14.7 Å². The molecule has 20 heavy (non-hydrogen) atoms. The van der Waals surface area contributed by atoms with Crippen LogP contribution in [0.5, 0.6) is 0 Å². The average molecular weight is 291 g/mol. The molecule has 1 amide bonds. The number of hydrogen-bond donors (Lipinski definition) is 0. The lowest BCUT2D eigenvalue weighted by Gasteiger charge is -2.32. The highest BCUT2D eigenvalue weighted by atomic mass is 32.1. The van der Waals surface area contributed by atoms with Crippen LogP contribution in [0, 0.1) is 0 Å². The van der Waals surface area contributed by atoms with Gasteiger partial charge in [-0.1, -0.05) is 6.07 Å². The fourth-order valence-electron chi connectivity index (χ4n) is 2.81. The fourth-order valence-corrected chi connectivity index (χ4v) is 3.50. The number of carbonyl (C=O) groups is 1.